The van der Waals surface area contributed by atoms with Crippen LogP contribution >= 0.6 is 0 Å². The monoisotopic (exact) mass is 426 g/mol. The van der Waals surface area contributed by atoms with Gasteiger partial charge in [0.05, 0.1) is 0 Å². The van der Waals surface area contributed by atoms with Crippen LogP contribution in [-0.2, 0) is 0 Å². The fraction of sp³-hybridized carbons (Fsp3) is 0.724. The SMILES string of the molecule is CCCCCCCCCCCCCCCCCN1C=CN(c2ccccc2)C1C(C)C. The van der Waals surface area contributed by atoms with Crippen LogP contribution in [0.15, 0.2) is 42.7 Å². The molecule has 0 N–H and O–H groups in total. The smallest absolute Gasteiger partial charge is 0.108 e. The van der Waals surface area contributed by atoms with Crippen molar-refractivity contribution in [2.75, 3.05) is 11.4 Å². The van der Waals surface area contributed by atoms with E-state index in [1.807, 2.05) is 0 Å². The van der Waals surface area contributed by atoms with Gasteiger partial charge in [-0.3, -0.25) is 0 Å². The van der Waals surface area contributed by atoms with Gasteiger partial charge in [-0.05, 0) is 24.5 Å². The van der Waals surface area contributed by atoms with Gasteiger partial charge in [0.25, 0.3) is 0 Å². The summed E-state index contributed by atoms with van der Waals surface area (Å²) in [5.41, 5.74) is 1.30. The van der Waals surface area contributed by atoms with Gasteiger partial charge in [0.2, 0.25) is 0 Å². The highest BCUT2D eigenvalue weighted by Crippen LogP contribution is 2.29. The van der Waals surface area contributed by atoms with E-state index < -0.39 is 0 Å². The summed E-state index contributed by atoms with van der Waals surface area (Å²) in [7, 11) is 0. The molecule has 0 spiro atoms. The Bertz CT molecular complexity index is 565. The highest BCUT2D eigenvalue weighted by atomic mass is 15.4. The van der Waals surface area contributed by atoms with Crippen LogP contribution in [-0.4, -0.2) is 17.6 Å². The highest BCUT2D eigenvalue weighted by Gasteiger charge is 2.29. The molecule has 2 rings (SSSR count). The molecular formula is C29H50N2. The summed E-state index contributed by atoms with van der Waals surface area (Å²) in [5, 5.41) is 0. The summed E-state index contributed by atoms with van der Waals surface area (Å²) >= 11 is 0. The van der Waals surface area contributed by atoms with Crippen molar-refractivity contribution in [3.8, 4) is 0 Å². The van der Waals surface area contributed by atoms with E-state index >= 15 is 0 Å². The van der Waals surface area contributed by atoms with E-state index in [0.717, 1.165) is 0 Å². The fourth-order valence-corrected chi connectivity index (χ4v) is 4.91. The van der Waals surface area contributed by atoms with Crippen molar-refractivity contribution in [2.24, 2.45) is 5.92 Å². The van der Waals surface area contributed by atoms with E-state index in [4.69, 9.17) is 0 Å². The molecule has 0 saturated carbocycles. The van der Waals surface area contributed by atoms with Crippen LogP contribution in [0, 0.1) is 5.92 Å². The Morgan fingerprint density at radius 2 is 1.13 bits per heavy atom. The van der Waals surface area contributed by atoms with Crippen LogP contribution in [0.4, 0.5) is 5.69 Å². The Kier molecular flexibility index (Phi) is 13.5. The van der Waals surface area contributed by atoms with Gasteiger partial charge in [-0.15, -0.1) is 0 Å². The van der Waals surface area contributed by atoms with E-state index in [9.17, 15) is 0 Å². The van der Waals surface area contributed by atoms with Gasteiger partial charge < -0.3 is 9.80 Å². The highest BCUT2D eigenvalue weighted by molar-refractivity contribution is 5.51. The maximum absolute atomic E-state index is 2.56. The summed E-state index contributed by atoms with van der Waals surface area (Å²) in [4.78, 5) is 5.00. The molecule has 176 valence electrons. The average molecular weight is 427 g/mol. The van der Waals surface area contributed by atoms with Gasteiger partial charge in [0, 0.05) is 24.6 Å². The van der Waals surface area contributed by atoms with E-state index in [1.165, 1.54) is 109 Å². The molecule has 2 nitrogen and oxygen atoms in total. The zero-order valence-electron chi connectivity index (χ0n) is 20.9. The molecule has 31 heavy (non-hydrogen) atoms. The minimum atomic E-state index is 0.453. The lowest BCUT2D eigenvalue weighted by molar-refractivity contribution is 0.237. The third-order valence-electron chi connectivity index (χ3n) is 6.71. The van der Waals surface area contributed by atoms with Crippen molar-refractivity contribution in [3.05, 3.63) is 42.7 Å². The zero-order valence-corrected chi connectivity index (χ0v) is 20.9. The van der Waals surface area contributed by atoms with Crippen LogP contribution in [0.5, 0.6) is 0 Å². The number of anilines is 1. The summed E-state index contributed by atoms with van der Waals surface area (Å²) in [5.74, 6) is 0.603. The summed E-state index contributed by atoms with van der Waals surface area (Å²) in [6, 6.07) is 10.8. The van der Waals surface area contributed by atoms with Gasteiger partial charge in [-0.2, -0.15) is 0 Å². The minimum Gasteiger partial charge on any atom is -0.355 e. The third-order valence-corrected chi connectivity index (χ3v) is 6.71. The van der Waals surface area contributed by atoms with Crippen molar-refractivity contribution < 1.29 is 0 Å². The Balaban J connectivity index is 1.46. The van der Waals surface area contributed by atoms with Gasteiger partial charge in [0.15, 0.2) is 0 Å². The van der Waals surface area contributed by atoms with Crippen molar-refractivity contribution >= 4 is 5.69 Å². The van der Waals surface area contributed by atoms with Crippen LogP contribution in [0.25, 0.3) is 0 Å². The molecule has 1 aromatic carbocycles. The molecular weight excluding hydrogens is 376 g/mol. The minimum absolute atomic E-state index is 0.453. The molecule has 0 aliphatic carbocycles. The first-order chi connectivity index (χ1) is 15.2. The first-order valence-corrected chi connectivity index (χ1v) is 13.5. The molecule has 2 heteroatoms. The molecule has 0 saturated heterocycles. The number of nitrogens with zero attached hydrogens (tertiary/aromatic N) is 2. The second-order valence-electron chi connectivity index (χ2n) is 9.89. The van der Waals surface area contributed by atoms with Crippen molar-refractivity contribution in [3.63, 3.8) is 0 Å². The molecule has 0 fully saturated rings. The van der Waals surface area contributed by atoms with E-state index in [-0.39, 0.29) is 0 Å². The average Bonchev–Trinajstić information content (AvgIpc) is 3.21. The first kappa shape index (κ1) is 25.8. The Morgan fingerprint density at radius 3 is 1.61 bits per heavy atom. The third kappa shape index (κ3) is 10.1. The molecule has 1 heterocycles. The molecule has 0 amide bonds. The number of para-hydroxylation sites is 1. The molecule has 1 atom stereocenters. The van der Waals surface area contributed by atoms with Crippen LogP contribution in [0.1, 0.15) is 117 Å². The molecule has 1 aliphatic heterocycles. The number of hydrogen-bond acceptors (Lipinski definition) is 2. The number of benzene rings is 1. The number of hydrogen-bond donors (Lipinski definition) is 0. The van der Waals surface area contributed by atoms with Gasteiger partial charge in [-0.25, -0.2) is 0 Å². The van der Waals surface area contributed by atoms with Crippen molar-refractivity contribution in [1.82, 2.24) is 4.90 Å². The Morgan fingerprint density at radius 1 is 0.645 bits per heavy atom. The van der Waals surface area contributed by atoms with Crippen molar-refractivity contribution in [2.45, 2.75) is 123 Å². The predicted octanol–water partition coefficient (Wildman–Crippen LogP) is 9.13. The molecule has 0 radical (unpaired) electrons. The first-order valence-electron chi connectivity index (χ1n) is 13.5. The summed E-state index contributed by atoms with van der Waals surface area (Å²) < 4.78 is 0. The zero-order chi connectivity index (χ0) is 22.2. The van der Waals surface area contributed by atoms with Gasteiger partial charge in [-0.1, -0.05) is 129 Å². The molecule has 1 aliphatic rings. The Labute approximate surface area is 194 Å². The maximum Gasteiger partial charge on any atom is 0.108 e. The molecule has 1 aromatic rings. The quantitative estimate of drug-likeness (QED) is 0.216. The Hall–Kier alpha value is -1.44. The normalized spacial score (nSPS) is 16.1. The molecule has 0 aromatic heterocycles. The molecule has 1 unspecified atom stereocenters. The second-order valence-corrected chi connectivity index (χ2v) is 9.89. The van der Waals surface area contributed by atoms with Crippen LogP contribution in [0.2, 0.25) is 0 Å². The number of unbranched alkanes of at least 4 members (excludes halogenated alkanes) is 14. The van der Waals surface area contributed by atoms with E-state index in [1.54, 1.807) is 0 Å². The maximum atomic E-state index is 2.56. The van der Waals surface area contributed by atoms with Gasteiger partial charge in [0.1, 0.15) is 6.17 Å². The van der Waals surface area contributed by atoms with Crippen LogP contribution in [0.3, 0.4) is 0 Å². The van der Waals surface area contributed by atoms with Gasteiger partial charge >= 0.3 is 0 Å². The topological polar surface area (TPSA) is 6.48 Å². The van der Waals surface area contributed by atoms with E-state index in [0.29, 0.717) is 12.1 Å². The van der Waals surface area contributed by atoms with Crippen molar-refractivity contribution in [1.29, 1.82) is 0 Å². The van der Waals surface area contributed by atoms with E-state index in [2.05, 4.69) is 73.3 Å². The fourth-order valence-electron chi connectivity index (χ4n) is 4.91. The van der Waals surface area contributed by atoms with Crippen LogP contribution < -0.4 is 4.90 Å². The lowest BCUT2D eigenvalue weighted by Gasteiger charge is -2.35. The largest absolute Gasteiger partial charge is 0.355 e. The lowest BCUT2D eigenvalue weighted by Crippen LogP contribution is -2.43. The number of rotatable bonds is 18. The summed E-state index contributed by atoms with van der Waals surface area (Å²) in [6.07, 6.45) is 26.5. The standard InChI is InChI=1S/C29H50N2/c1-4-5-6-7-8-9-10-11-12-13-14-15-16-17-21-24-30-25-26-31(29(30)27(2)3)28-22-19-18-20-23-28/h18-20,22-23,25-27,29H,4-17,21,24H2,1-3H3. The second kappa shape index (κ2) is 16.2. The lowest BCUT2D eigenvalue weighted by atomic mass is 10.0. The molecule has 0 bridgehead atoms. The summed E-state index contributed by atoms with van der Waals surface area (Å²) in [6.45, 7) is 8.16. The predicted molar refractivity (Wildman–Crippen MR) is 138 cm³/mol.